The summed E-state index contributed by atoms with van der Waals surface area (Å²) in [4.78, 5) is 30.7. The number of carbonyl (C=O) groups excluding carboxylic acids is 2. The summed E-state index contributed by atoms with van der Waals surface area (Å²) < 4.78 is 0. The van der Waals surface area contributed by atoms with Gasteiger partial charge in [0.05, 0.1) is 5.56 Å². The Kier molecular flexibility index (Phi) is 5.65. The topological polar surface area (TPSA) is 86.4 Å². The first-order chi connectivity index (χ1) is 12.0. The van der Waals surface area contributed by atoms with Gasteiger partial charge in [0.2, 0.25) is 5.91 Å². The Morgan fingerprint density at radius 2 is 2.04 bits per heavy atom. The maximum atomic E-state index is 12.6. The third kappa shape index (κ3) is 4.35. The number of likely N-dealkylation sites (tertiary alicyclic amines) is 1. The van der Waals surface area contributed by atoms with Gasteiger partial charge < -0.3 is 10.2 Å². The molecule has 2 amide bonds. The van der Waals surface area contributed by atoms with Gasteiger partial charge in [-0.25, -0.2) is 5.43 Å². The monoisotopic (exact) mass is 345 g/mol. The fraction of sp³-hybridized carbons (Fsp3) is 0.611. The number of hydrazine groups is 1. The molecule has 1 aromatic rings. The van der Waals surface area contributed by atoms with Crippen LogP contribution in [-0.2, 0) is 4.79 Å². The lowest BCUT2D eigenvalue weighted by molar-refractivity contribution is -0.134. The molecule has 0 radical (unpaired) electrons. The van der Waals surface area contributed by atoms with E-state index in [4.69, 9.17) is 0 Å². The maximum Gasteiger partial charge on any atom is 0.253 e. The second-order valence-electron chi connectivity index (χ2n) is 7.24. The first kappa shape index (κ1) is 17.8. The largest absolute Gasteiger partial charge is 0.349 e. The number of nitrogens with zero attached hydrogens (tertiary/aromatic N) is 2. The van der Waals surface area contributed by atoms with Crippen LogP contribution in [0.3, 0.4) is 0 Å². The number of amides is 2. The van der Waals surface area contributed by atoms with Crippen molar-refractivity contribution in [1.82, 2.24) is 26.1 Å². The molecule has 0 spiro atoms. The lowest BCUT2D eigenvalue weighted by Gasteiger charge is -2.33. The van der Waals surface area contributed by atoms with Crippen LogP contribution >= 0.6 is 0 Å². The van der Waals surface area contributed by atoms with E-state index in [9.17, 15) is 9.59 Å². The second-order valence-corrected chi connectivity index (χ2v) is 7.24. The Bertz CT molecular complexity index is 599. The number of nitrogens with one attached hydrogen (secondary N) is 3. The fourth-order valence-electron chi connectivity index (χ4n) is 3.41. The van der Waals surface area contributed by atoms with Crippen molar-refractivity contribution in [2.24, 2.45) is 5.92 Å². The molecule has 7 heteroatoms. The zero-order valence-corrected chi connectivity index (χ0v) is 14.9. The molecule has 2 fully saturated rings. The molecule has 3 heterocycles. The smallest absolute Gasteiger partial charge is 0.253 e. The molecule has 1 aromatic heterocycles. The summed E-state index contributed by atoms with van der Waals surface area (Å²) in [5.74, 6) is 0.561. The average Bonchev–Trinajstić information content (AvgIpc) is 3.13. The van der Waals surface area contributed by atoms with Crippen molar-refractivity contribution in [2.75, 3.05) is 13.1 Å². The van der Waals surface area contributed by atoms with Crippen LogP contribution in [0.4, 0.5) is 0 Å². The first-order valence-corrected chi connectivity index (χ1v) is 9.05. The Labute approximate surface area is 148 Å². The third-order valence-corrected chi connectivity index (χ3v) is 5.10. The van der Waals surface area contributed by atoms with E-state index in [0.29, 0.717) is 30.6 Å². The van der Waals surface area contributed by atoms with E-state index < -0.39 is 0 Å². The summed E-state index contributed by atoms with van der Waals surface area (Å²) in [5.41, 5.74) is 6.92. The highest BCUT2D eigenvalue weighted by Gasteiger charge is 2.34. The normalized spacial score (nSPS) is 24.5. The van der Waals surface area contributed by atoms with Gasteiger partial charge in [-0.1, -0.05) is 13.8 Å². The molecule has 7 nitrogen and oxygen atoms in total. The summed E-state index contributed by atoms with van der Waals surface area (Å²) in [6, 6.07) is 3.81. The van der Waals surface area contributed by atoms with E-state index in [-0.39, 0.29) is 23.9 Å². The minimum absolute atomic E-state index is 0.0979. The lowest BCUT2D eigenvalue weighted by Crippen LogP contribution is -2.51. The van der Waals surface area contributed by atoms with Crippen LogP contribution in [0.15, 0.2) is 24.5 Å². The molecule has 2 aliphatic heterocycles. The van der Waals surface area contributed by atoms with Gasteiger partial charge in [-0.15, -0.1) is 0 Å². The van der Waals surface area contributed by atoms with Crippen LogP contribution in [0.5, 0.6) is 0 Å². The lowest BCUT2D eigenvalue weighted by atomic mass is 9.98. The van der Waals surface area contributed by atoms with Crippen LogP contribution < -0.4 is 16.2 Å². The number of carbonyl (C=O) groups is 2. The summed E-state index contributed by atoms with van der Waals surface area (Å²) in [5, 5.41) is 3.04. The number of pyridine rings is 1. The number of rotatable bonds is 4. The van der Waals surface area contributed by atoms with Gasteiger partial charge in [0.1, 0.15) is 6.04 Å². The van der Waals surface area contributed by atoms with Crippen molar-refractivity contribution >= 4 is 11.8 Å². The molecule has 2 aliphatic rings. The second kappa shape index (κ2) is 7.93. The van der Waals surface area contributed by atoms with Crippen LogP contribution in [0.2, 0.25) is 0 Å². The van der Waals surface area contributed by atoms with Gasteiger partial charge in [0, 0.05) is 37.6 Å². The van der Waals surface area contributed by atoms with E-state index in [1.165, 1.54) is 0 Å². The summed E-state index contributed by atoms with van der Waals surface area (Å²) >= 11 is 0. The molecule has 3 N–H and O–H groups in total. The molecule has 25 heavy (non-hydrogen) atoms. The number of aromatic nitrogens is 1. The number of piperidine rings is 1. The molecule has 0 bridgehead atoms. The minimum atomic E-state index is -0.145. The molecule has 0 saturated carbocycles. The standard InChI is InChI=1S/C18H27N5O2/c1-12(2)15-10-16(22-21-15)18(25)23-8-5-14(6-9-23)20-17(24)13-4-3-7-19-11-13/h3-4,7,11-12,14-16,21-22H,5-6,8-10H2,1-2H3,(H,20,24). The van der Waals surface area contributed by atoms with Crippen molar-refractivity contribution < 1.29 is 9.59 Å². The quantitative estimate of drug-likeness (QED) is 0.748. The Balaban J connectivity index is 1.46. The van der Waals surface area contributed by atoms with Crippen LogP contribution in [-0.4, -0.2) is 52.9 Å². The van der Waals surface area contributed by atoms with Crippen LogP contribution in [0.25, 0.3) is 0 Å². The Morgan fingerprint density at radius 1 is 1.28 bits per heavy atom. The maximum absolute atomic E-state index is 12.6. The molecule has 2 saturated heterocycles. The highest BCUT2D eigenvalue weighted by Crippen LogP contribution is 2.18. The predicted octanol–water partition coefficient (Wildman–Crippen LogP) is 0.694. The summed E-state index contributed by atoms with van der Waals surface area (Å²) in [6.45, 7) is 5.67. The zero-order valence-electron chi connectivity index (χ0n) is 14.9. The number of hydrogen-bond donors (Lipinski definition) is 3. The van der Waals surface area contributed by atoms with Crippen molar-refractivity contribution in [2.45, 2.75) is 51.2 Å². The Hall–Kier alpha value is -1.99. The van der Waals surface area contributed by atoms with Crippen molar-refractivity contribution in [1.29, 1.82) is 0 Å². The van der Waals surface area contributed by atoms with Gasteiger partial charge >= 0.3 is 0 Å². The summed E-state index contributed by atoms with van der Waals surface area (Å²) in [7, 11) is 0. The summed E-state index contributed by atoms with van der Waals surface area (Å²) in [6.07, 6.45) is 5.61. The van der Waals surface area contributed by atoms with Gasteiger partial charge in [-0.3, -0.25) is 20.0 Å². The minimum Gasteiger partial charge on any atom is -0.349 e. The molecular weight excluding hydrogens is 318 g/mol. The van der Waals surface area contributed by atoms with Crippen molar-refractivity contribution in [3.05, 3.63) is 30.1 Å². The van der Waals surface area contributed by atoms with E-state index in [0.717, 1.165) is 19.3 Å². The SMILES string of the molecule is CC(C)C1CC(C(=O)N2CCC(NC(=O)c3cccnc3)CC2)NN1. The van der Waals surface area contributed by atoms with Gasteiger partial charge in [0.25, 0.3) is 5.91 Å². The zero-order chi connectivity index (χ0) is 17.8. The van der Waals surface area contributed by atoms with Crippen LogP contribution in [0.1, 0.15) is 43.5 Å². The third-order valence-electron chi connectivity index (χ3n) is 5.10. The van der Waals surface area contributed by atoms with Gasteiger partial charge in [0.15, 0.2) is 0 Å². The molecule has 2 unspecified atom stereocenters. The van der Waals surface area contributed by atoms with E-state index in [1.54, 1.807) is 24.5 Å². The molecule has 2 atom stereocenters. The molecular formula is C18H27N5O2. The Morgan fingerprint density at radius 3 is 2.64 bits per heavy atom. The van der Waals surface area contributed by atoms with Gasteiger partial charge in [-0.05, 0) is 37.3 Å². The van der Waals surface area contributed by atoms with Gasteiger partial charge in [-0.2, -0.15) is 0 Å². The van der Waals surface area contributed by atoms with E-state index in [1.807, 2.05) is 4.90 Å². The molecule has 136 valence electrons. The van der Waals surface area contributed by atoms with Crippen LogP contribution in [0, 0.1) is 5.92 Å². The van der Waals surface area contributed by atoms with E-state index >= 15 is 0 Å². The highest BCUT2D eigenvalue weighted by atomic mass is 16.2. The fourth-order valence-corrected chi connectivity index (χ4v) is 3.41. The predicted molar refractivity (Wildman–Crippen MR) is 94.6 cm³/mol. The number of hydrogen-bond acceptors (Lipinski definition) is 5. The highest BCUT2D eigenvalue weighted by molar-refractivity contribution is 5.94. The molecule has 0 aromatic carbocycles. The average molecular weight is 345 g/mol. The van der Waals surface area contributed by atoms with E-state index in [2.05, 4.69) is 35.0 Å². The molecule has 0 aliphatic carbocycles. The molecule has 3 rings (SSSR count). The first-order valence-electron chi connectivity index (χ1n) is 9.05. The van der Waals surface area contributed by atoms with Crippen molar-refractivity contribution in [3.63, 3.8) is 0 Å². The van der Waals surface area contributed by atoms with Crippen molar-refractivity contribution in [3.8, 4) is 0 Å².